The van der Waals surface area contributed by atoms with Crippen molar-refractivity contribution in [2.24, 2.45) is 0 Å². The van der Waals surface area contributed by atoms with E-state index in [4.69, 9.17) is 14.2 Å². The van der Waals surface area contributed by atoms with Crippen LogP contribution in [0.25, 0.3) is 0 Å². The molecule has 2 unspecified atom stereocenters. The zero-order chi connectivity index (χ0) is 43.5. The Balaban J connectivity index is 4.25. The third-order valence-corrected chi connectivity index (χ3v) is 11.4. The minimum atomic E-state index is -0.875. The van der Waals surface area contributed by atoms with E-state index in [1.165, 1.54) is 135 Å². The van der Waals surface area contributed by atoms with E-state index in [-0.39, 0.29) is 36.2 Å². The van der Waals surface area contributed by atoms with Crippen molar-refractivity contribution in [2.75, 3.05) is 41.0 Å². The number of ether oxygens (including phenoxy) is 3. The van der Waals surface area contributed by atoms with Gasteiger partial charge in [-0.2, -0.15) is 0 Å². The summed E-state index contributed by atoms with van der Waals surface area (Å²) in [4.78, 5) is 37.1. The molecule has 0 amide bonds. The topological polar surface area (TPSA) is 99.1 Å². The molecule has 8 heteroatoms. The molecule has 0 aliphatic carbocycles. The van der Waals surface area contributed by atoms with Gasteiger partial charge in [-0.25, -0.2) is 4.79 Å². The van der Waals surface area contributed by atoms with Gasteiger partial charge in [0, 0.05) is 19.3 Å². The highest BCUT2D eigenvalue weighted by molar-refractivity contribution is 5.72. The Morgan fingerprint density at radius 1 is 0.508 bits per heavy atom. The zero-order valence-corrected chi connectivity index (χ0v) is 39.5. The van der Waals surface area contributed by atoms with Crippen molar-refractivity contribution in [3.8, 4) is 0 Å². The van der Waals surface area contributed by atoms with Crippen LogP contribution in [0, 0.1) is 0 Å². The summed E-state index contributed by atoms with van der Waals surface area (Å²) in [5.74, 6) is -1.47. The first-order valence-corrected chi connectivity index (χ1v) is 24.9. The number of carboxylic acid groups (broad SMARTS) is 1. The fourth-order valence-corrected chi connectivity index (χ4v) is 7.48. The Labute approximate surface area is 364 Å². The Kier molecular flexibility index (Phi) is 40.9. The normalized spacial score (nSPS) is 13.0. The molecule has 2 atom stereocenters. The molecule has 59 heavy (non-hydrogen) atoms. The Morgan fingerprint density at radius 3 is 1.32 bits per heavy atom. The van der Waals surface area contributed by atoms with E-state index in [1.807, 2.05) is 21.1 Å². The van der Waals surface area contributed by atoms with Gasteiger partial charge >= 0.3 is 17.9 Å². The molecule has 0 saturated heterocycles. The number of carboxylic acids is 1. The second-order valence-corrected chi connectivity index (χ2v) is 18.1. The highest BCUT2D eigenvalue weighted by Gasteiger charge is 2.31. The summed E-state index contributed by atoms with van der Waals surface area (Å²) in [5.41, 5.74) is 0. The molecule has 0 bridgehead atoms. The molecule has 1 N–H and O–H groups in total. The fourth-order valence-electron chi connectivity index (χ4n) is 7.48. The summed E-state index contributed by atoms with van der Waals surface area (Å²) in [5, 5.41) is 9.64. The molecule has 0 aliphatic heterocycles. The van der Waals surface area contributed by atoms with E-state index < -0.39 is 18.1 Å². The second kappa shape index (κ2) is 42.5. The quantitative estimate of drug-likeness (QED) is 0.0282. The first-order chi connectivity index (χ1) is 28.6. The molecule has 0 aliphatic rings. The summed E-state index contributed by atoms with van der Waals surface area (Å²) in [6.07, 6.45) is 47.9. The maximum absolute atomic E-state index is 12.8. The maximum Gasteiger partial charge on any atom is 0.362 e. The number of carbonyl (C=O) groups is 3. The third kappa shape index (κ3) is 41.0. The molecule has 0 heterocycles. The number of aliphatic carboxylic acids is 1. The molecule has 8 nitrogen and oxygen atoms in total. The van der Waals surface area contributed by atoms with Crippen LogP contribution in [0.1, 0.15) is 232 Å². The van der Waals surface area contributed by atoms with E-state index in [0.29, 0.717) is 19.3 Å². The number of hydrogen-bond donors (Lipinski definition) is 1. The molecule has 346 valence electrons. The van der Waals surface area contributed by atoms with Crippen LogP contribution in [0.15, 0.2) is 24.3 Å². The zero-order valence-electron chi connectivity index (χ0n) is 39.5. The lowest BCUT2D eigenvalue weighted by Crippen LogP contribution is -2.50. The highest BCUT2D eigenvalue weighted by atomic mass is 16.6. The smallest absolute Gasteiger partial charge is 0.362 e. The number of nitrogens with zero attached hydrogens (tertiary/aromatic N) is 1. The average molecular weight is 835 g/mol. The standard InChI is InChI=1S/C51H95NO7/c1-6-8-10-12-14-16-18-20-22-24-25-26-28-29-31-33-35-37-39-41-49(53)58-46-47(45-57-44-43-48(51(55)56)52(3,4)5)59-50(54)42-40-38-36-34-32-30-27-23-21-19-17-15-13-11-9-7-2/h17,19,23,27,47-48H,6-16,18,20-22,24-26,28-46H2,1-5H3/p+1/b19-17-,27-23-. The minimum absolute atomic E-state index is 0.0519. The van der Waals surface area contributed by atoms with Gasteiger partial charge < -0.3 is 23.8 Å². The first-order valence-electron chi connectivity index (χ1n) is 24.9. The maximum atomic E-state index is 12.8. The van der Waals surface area contributed by atoms with E-state index in [0.717, 1.165) is 64.2 Å². The number of allylic oxidation sites excluding steroid dienone is 4. The summed E-state index contributed by atoms with van der Waals surface area (Å²) >= 11 is 0. The van der Waals surface area contributed by atoms with E-state index in [9.17, 15) is 19.5 Å². The van der Waals surface area contributed by atoms with Gasteiger partial charge in [-0.1, -0.05) is 192 Å². The number of esters is 2. The number of rotatable bonds is 45. The van der Waals surface area contributed by atoms with Crippen LogP contribution >= 0.6 is 0 Å². The largest absolute Gasteiger partial charge is 0.477 e. The molecule has 0 aromatic heterocycles. The minimum Gasteiger partial charge on any atom is -0.477 e. The van der Waals surface area contributed by atoms with Crippen molar-refractivity contribution in [1.29, 1.82) is 0 Å². The third-order valence-electron chi connectivity index (χ3n) is 11.4. The lowest BCUT2D eigenvalue weighted by molar-refractivity contribution is -0.887. The van der Waals surface area contributed by atoms with E-state index in [2.05, 4.69) is 38.2 Å². The molecule has 0 radical (unpaired) electrons. The van der Waals surface area contributed by atoms with Gasteiger partial charge in [0.05, 0.1) is 34.4 Å². The van der Waals surface area contributed by atoms with Crippen LogP contribution in [-0.4, -0.2) is 80.6 Å². The van der Waals surface area contributed by atoms with Gasteiger partial charge in [0.2, 0.25) is 0 Å². The highest BCUT2D eigenvalue weighted by Crippen LogP contribution is 2.16. The summed E-state index contributed by atoms with van der Waals surface area (Å²) in [6, 6.07) is -0.615. The van der Waals surface area contributed by atoms with Gasteiger partial charge in [0.15, 0.2) is 12.1 Å². The number of quaternary nitrogens is 1. The second-order valence-electron chi connectivity index (χ2n) is 18.1. The van der Waals surface area contributed by atoms with Gasteiger partial charge in [-0.05, 0) is 44.9 Å². The monoisotopic (exact) mass is 835 g/mol. The van der Waals surface area contributed by atoms with Crippen molar-refractivity contribution < 1.29 is 38.2 Å². The van der Waals surface area contributed by atoms with Crippen LogP contribution in [0.5, 0.6) is 0 Å². The Hall–Kier alpha value is -2.19. The predicted molar refractivity (Wildman–Crippen MR) is 248 cm³/mol. The average Bonchev–Trinajstić information content (AvgIpc) is 3.19. The van der Waals surface area contributed by atoms with Crippen LogP contribution < -0.4 is 0 Å². The lowest BCUT2D eigenvalue weighted by Gasteiger charge is -2.31. The van der Waals surface area contributed by atoms with Crippen molar-refractivity contribution in [1.82, 2.24) is 0 Å². The number of hydrogen-bond acceptors (Lipinski definition) is 6. The van der Waals surface area contributed by atoms with E-state index >= 15 is 0 Å². The number of likely N-dealkylation sites (N-methyl/N-ethyl adjacent to an activating group) is 1. The van der Waals surface area contributed by atoms with Crippen molar-refractivity contribution in [3.05, 3.63) is 24.3 Å². The summed E-state index contributed by atoms with van der Waals surface area (Å²) in [7, 11) is 5.53. The van der Waals surface area contributed by atoms with Crippen LogP contribution in [0.2, 0.25) is 0 Å². The molecular weight excluding hydrogens is 739 g/mol. The molecular formula is C51H96NO7+. The van der Waals surface area contributed by atoms with Crippen molar-refractivity contribution >= 4 is 17.9 Å². The Morgan fingerprint density at radius 2 is 0.898 bits per heavy atom. The summed E-state index contributed by atoms with van der Waals surface area (Å²) in [6.45, 7) is 4.74. The van der Waals surface area contributed by atoms with Gasteiger partial charge in [-0.3, -0.25) is 9.59 Å². The van der Waals surface area contributed by atoms with Crippen LogP contribution in [-0.2, 0) is 28.6 Å². The van der Waals surface area contributed by atoms with Gasteiger partial charge in [0.25, 0.3) is 0 Å². The van der Waals surface area contributed by atoms with Crippen molar-refractivity contribution in [2.45, 2.75) is 244 Å². The predicted octanol–water partition coefficient (Wildman–Crippen LogP) is 14.0. The Bertz CT molecular complexity index is 1020. The molecule has 0 aromatic rings. The number of carbonyl (C=O) groups excluding carboxylic acids is 2. The van der Waals surface area contributed by atoms with Crippen LogP contribution in [0.4, 0.5) is 0 Å². The first kappa shape index (κ1) is 56.8. The van der Waals surface area contributed by atoms with Gasteiger partial charge in [-0.15, -0.1) is 0 Å². The molecule has 0 saturated carbocycles. The molecule has 0 fully saturated rings. The summed E-state index contributed by atoms with van der Waals surface area (Å²) < 4.78 is 17.3. The fraction of sp³-hybridized carbons (Fsp3) is 0.863. The van der Waals surface area contributed by atoms with Gasteiger partial charge in [0.1, 0.15) is 6.61 Å². The van der Waals surface area contributed by atoms with Crippen molar-refractivity contribution in [3.63, 3.8) is 0 Å². The molecule has 0 aromatic carbocycles. The van der Waals surface area contributed by atoms with E-state index in [1.54, 1.807) is 0 Å². The number of unbranched alkanes of at least 4 members (excludes halogenated alkanes) is 27. The lowest BCUT2D eigenvalue weighted by atomic mass is 10.0. The SMILES string of the molecule is CCCCCC/C=C\C/C=C\CCCCCCCC(=O)OC(COCCC(C(=O)O)[N+](C)(C)C)COC(=O)CCCCCCCCCCCCCCCCCCCCC. The molecule has 0 rings (SSSR count). The van der Waals surface area contributed by atoms with Crippen LogP contribution in [0.3, 0.4) is 0 Å². The molecule has 0 spiro atoms.